The molecule has 0 saturated carbocycles. The minimum Gasteiger partial charge on any atom is -0.378 e. The topological polar surface area (TPSA) is 23.5 Å². The Bertz CT molecular complexity index is 208. The van der Waals surface area contributed by atoms with Gasteiger partial charge in [0.2, 0.25) is 0 Å². The minimum atomic E-state index is -0.802. The van der Waals surface area contributed by atoms with Gasteiger partial charge in [0.15, 0.2) is 0 Å². The molecule has 1 unspecified atom stereocenters. The largest absolute Gasteiger partial charge is 0.378 e. The standard InChI is InChI=1S/C13H25NO/c1-5-8-10-13(4,15)11-9-12-14(6-2)7-3/h15H,5-8,10,12H2,1-4H3. The average Bonchev–Trinajstić information content (AvgIpc) is 2.22. The van der Waals surface area contributed by atoms with Gasteiger partial charge >= 0.3 is 0 Å². The molecule has 0 heterocycles. The maximum absolute atomic E-state index is 9.91. The molecule has 0 radical (unpaired) electrons. The fourth-order valence-corrected chi connectivity index (χ4v) is 1.37. The van der Waals surface area contributed by atoms with Crippen molar-refractivity contribution in [2.24, 2.45) is 0 Å². The second-order valence-electron chi connectivity index (χ2n) is 4.14. The highest BCUT2D eigenvalue weighted by Crippen LogP contribution is 2.11. The molecule has 0 spiro atoms. The van der Waals surface area contributed by atoms with E-state index in [9.17, 15) is 5.11 Å². The van der Waals surface area contributed by atoms with Gasteiger partial charge in [0.25, 0.3) is 0 Å². The molecule has 0 aliphatic rings. The van der Waals surface area contributed by atoms with Crippen LogP contribution in [0.3, 0.4) is 0 Å². The van der Waals surface area contributed by atoms with Crippen LogP contribution in [-0.4, -0.2) is 35.2 Å². The number of rotatable bonds is 6. The monoisotopic (exact) mass is 211 g/mol. The third kappa shape index (κ3) is 7.41. The molecule has 0 aromatic carbocycles. The molecule has 0 saturated heterocycles. The molecule has 0 aromatic heterocycles. The van der Waals surface area contributed by atoms with Gasteiger partial charge in [0, 0.05) is 0 Å². The first-order valence-electron chi connectivity index (χ1n) is 6.00. The first-order valence-corrected chi connectivity index (χ1v) is 6.00. The predicted octanol–water partition coefficient (Wildman–Crippen LogP) is 2.27. The zero-order chi connectivity index (χ0) is 11.7. The smallest absolute Gasteiger partial charge is 0.122 e. The molecule has 2 nitrogen and oxygen atoms in total. The Morgan fingerprint density at radius 2 is 1.80 bits per heavy atom. The summed E-state index contributed by atoms with van der Waals surface area (Å²) in [5, 5.41) is 9.91. The third-order valence-corrected chi connectivity index (χ3v) is 2.57. The zero-order valence-electron chi connectivity index (χ0n) is 10.6. The molecule has 0 aromatic rings. The summed E-state index contributed by atoms with van der Waals surface area (Å²) < 4.78 is 0. The molecule has 0 aliphatic carbocycles. The van der Waals surface area contributed by atoms with Crippen molar-refractivity contribution in [2.75, 3.05) is 19.6 Å². The lowest BCUT2D eigenvalue weighted by Gasteiger charge is -2.17. The van der Waals surface area contributed by atoms with Crippen molar-refractivity contribution in [3.8, 4) is 11.8 Å². The summed E-state index contributed by atoms with van der Waals surface area (Å²) >= 11 is 0. The summed E-state index contributed by atoms with van der Waals surface area (Å²) in [4.78, 5) is 2.24. The van der Waals surface area contributed by atoms with Gasteiger partial charge in [0.05, 0.1) is 6.54 Å². The summed E-state index contributed by atoms with van der Waals surface area (Å²) in [7, 11) is 0. The summed E-state index contributed by atoms with van der Waals surface area (Å²) in [6, 6.07) is 0. The SMILES string of the molecule is CCCCC(C)(O)C#CCN(CC)CC. The molecule has 88 valence electrons. The Balaban J connectivity index is 4.01. The van der Waals surface area contributed by atoms with Crippen LogP contribution in [0, 0.1) is 11.8 Å². The Hall–Kier alpha value is -0.520. The fraction of sp³-hybridized carbons (Fsp3) is 0.846. The highest BCUT2D eigenvalue weighted by atomic mass is 16.3. The number of hydrogen-bond donors (Lipinski definition) is 1. The molecule has 0 amide bonds. The predicted molar refractivity (Wildman–Crippen MR) is 65.7 cm³/mol. The Morgan fingerprint density at radius 3 is 2.27 bits per heavy atom. The van der Waals surface area contributed by atoms with E-state index in [1.54, 1.807) is 6.92 Å². The number of unbranched alkanes of at least 4 members (excludes halogenated alkanes) is 1. The lowest BCUT2D eigenvalue weighted by Crippen LogP contribution is -2.25. The van der Waals surface area contributed by atoms with Gasteiger partial charge in [-0.2, -0.15) is 0 Å². The molecule has 0 aliphatic heterocycles. The maximum atomic E-state index is 9.91. The van der Waals surface area contributed by atoms with Crippen molar-refractivity contribution in [1.82, 2.24) is 4.90 Å². The van der Waals surface area contributed by atoms with E-state index >= 15 is 0 Å². The molecule has 0 fully saturated rings. The Morgan fingerprint density at radius 1 is 1.20 bits per heavy atom. The van der Waals surface area contributed by atoms with Crippen molar-refractivity contribution in [3.05, 3.63) is 0 Å². The van der Waals surface area contributed by atoms with Crippen LogP contribution in [0.2, 0.25) is 0 Å². The number of nitrogens with zero attached hydrogens (tertiary/aromatic N) is 1. The summed E-state index contributed by atoms with van der Waals surface area (Å²) in [5.74, 6) is 6.02. The lowest BCUT2D eigenvalue weighted by atomic mass is 10.00. The van der Waals surface area contributed by atoms with E-state index in [0.29, 0.717) is 0 Å². The molecular formula is C13H25NO. The van der Waals surface area contributed by atoms with Gasteiger partial charge in [-0.05, 0) is 32.9 Å². The van der Waals surface area contributed by atoms with E-state index in [1.165, 1.54) is 0 Å². The second-order valence-corrected chi connectivity index (χ2v) is 4.14. The third-order valence-electron chi connectivity index (χ3n) is 2.57. The maximum Gasteiger partial charge on any atom is 0.122 e. The van der Waals surface area contributed by atoms with Gasteiger partial charge in [-0.1, -0.05) is 39.0 Å². The van der Waals surface area contributed by atoms with Crippen molar-refractivity contribution < 1.29 is 5.11 Å². The molecule has 0 bridgehead atoms. The van der Waals surface area contributed by atoms with E-state index < -0.39 is 5.60 Å². The van der Waals surface area contributed by atoms with Gasteiger partial charge in [-0.15, -0.1) is 0 Å². The first-order chi connectivity index (χ1) is 7.05. The second kappa shape index (κ2) is 7.73. The number of hydrogen-bond acceptors (Lipinski definition) is 2. The van der Waals surface area contributed by atoms with Crippen molar-refractivity contribution in [3.63, 3.8) is 0 Å². The van der Waals surface area contributed by atoms with E-state index in [-0.39, 0.29) is 0 Å². The summed E-state index contributed by atoms with van der Waals surface area (Å²) in [5.41, 5.74) is -0.802. The van der Waals surface area contributed by atoms with Gasteiger partial charge in [-0.3, -0.25) is 4.90 Å². The first kappa shape index (κ1) is 14.5. The van der Waals surface area contributed by atoms with Crippen LogP contribution in [-0.2, 0) is 0 Å². The van der Waals surface area contributed by atoms with E-state index in [4.69, 9.17) is 0 Å². The van der Waals surface area contributed by atoms with Gasteiger partial charge < -0.3 is 5.11 Å². The van der Waals surface area contributed by atoms with Crippen molar-refractivity contribution >= 4 is 0 Å². The van der Waals surface area contributed by atoms with Crippen LogP contribution in [0.5, 0.6) is 0 Å². The highest BCUT2D eigenvalue weighted by Gasteiger charge is 2.15. The lowest BCUT2D eigenvalue weighted by molar-refractivity contribution is 0.109. The average molecular weight is 211 g/mol. The molecule has 0 rings (SSSR count). The van der Waals surface area contributed by atoms with Crippen LogP contribution in [0.4, 0.5) is 0 Å². The molecule has 2 heteroatoms. The molecule has 15 heavy (non-hydrogen) atoms. The van der Waals surface area contributed by atoms with Crippen LogP contribution in [0.25, 0.3) is 0 Å². The van der Waals surface area contributed by atoms with Crippen LogP contribution < -0.4 is 0 Å². The van der Waals surface area contributed by atoms with Crippen molar-refractivity contribution in [2.45, 2.75) is 52.6 Å². The van der Waals surface area contributed by atoms with Crippen LogP contribution >= 0.6 is 0 Å². The highest BCUT2D eigenvalue weighted by molar-refractivity contribution is 5.12. The quantitative estimate of drug-likeness (QED) is 0.681. The summed E-state index contributed by atoms with van der Waals surface area (Å²) in [6.45, 7) is 11.0. The van der Waals surface area contributed by atoms with Crippen molar-refractivity contribution in [1.29, 1.82) is 0 Å². The van der Waals surface area contributed by atoms with Crippen LogP contribution in [0.1, 0.15) is 47.0 Å². The van der Waals surface area contributed by atoms with Gasteiger partial charge in [-0.25, -0.2) is 0 Å². The molecule has 1 N–H and O–H groups in total. The molecular weight excluding hydrogens is 186 g/mol. The summed E-state index contributed by atoms with van der Waals surface area (Å²) in [6.07, 6.45) is 2.91. The van der Waals surface area contributed by atoms with Crippen LogP contribution in [0.15, 0.2) is 0 Å². The van der Waals surface area contributed by atoms with Gasteiger partial charge in [0.1, 0.15) is 5.60 Å². The van der Waals surface area contributed by atoms with E-state index in [0.717, 1.165) is 38.9 Å². The van der Waals surface area contributed by atoms with E-state index in [1.807, 2.05) is 0 Å². The molecule has 1 atom stereocenters. The fourth-order valence-electron chi connectivity index (χ4n) is 1.37. The van der Waals surface area contributed by atoms with E-state index in [2.05, 4.69) is 37.5 Å². The normalized spacial score (nSPS) is 14.5. The Kier molecular flexibility index (Phi) is 7.46. The minimum absolute atomic E-state index is 0.759. The number of aliphatic hydroxyl groups is 1. The Labute approximate surface area is 94.7 Å². The zero-order valence-corrected chi connectivity index (χ0v) is 10.6.